The Labute approximate surface area is 122 Å². The molecule has 0 radical (unpaired) electrons. The minimum atomic E-state index is 0.608. The van der Waals surface area contributed by atoms with Gasteiger partial charge in [0.05, 0.1) is 6.61 Å². The van der Waals surface area contributed by atoms with Crippen LogP contribution in [0.3, 0.4) is 0 Å². The zero-order valence-corrected chi connectivity index (χ0v) is 12.6. The number of rotatable bonds is 9. The van der Waals surface area contributed by atoms with Crippen LogP contribution in [0.15, 0.2) is 24.3 Å². The number of aryl methyl sites for hydroxylation is 1. The maximum atomic E-state index is 5.93. The van der Waals surface area contributed by atoms with Gasteiger partial charge in [-0.2, -0.15) is 0 Å². The van der Waals surface area contributed by atoms with Crippen molar-refractivity contribution in [2.45, 2.75) is 45.1 Å². The summed E-state index contributed by atoms with van der Waals surface area (Å²) in [5.74, 6) is 1.47. The summed E-state index contributed by atoms with van der Waals surface area (Å²) in [5, 5.41) is 3.67. The van der Waals surface area contributed by atoms with Gasteiger partial charge < -0.3 is 10.1 Å². The maximum Gasteiger partial charge on any atom is 0.0509 e. The highest BCUT2D eigenvalue weighted by Gasteiger charge is 2.24. The summed E-state index contributed by atoms with van der Waals surface area (Å²) in [6, 6.07) is 9.69. The highest BCUT2D eigenvalue weighted by Crippen LogP contribution is 2.29. The van der Waals surface area contributed by atoms with Crippen molar-refractivity contribution in [2.75, 3.05) is 19.8 Å². The zero-order chi connectivity index (χ0) is 13.8. The quantitative estimate of drug-likeness (QED) is 0.745. The van der Waals surface area contributed by atoms with Crippen LogP contribution in [0.25, 0.3) is 0 Å². The van der Waals surface area contributed by atoms with Crippen LogP contribution in [0.1, 0.15) is 36.8 Å². The molecule has 2 aliphatic carbocycles. The van der Waals surface area contributed by atoms with Gasteiger partial charge in [-0.25, -0.2) is 0 Å². The van der Waals surface area contributed by atoms with Crippen LogP contribution >= 0.6 is 0 Å². The molecule has 2 fully saturated rings. The van der Waals surface area contributed by atoms with Gasteiger partial charge in [0.15, 0.2) is 0 Å². The third kappa shape index (κ3) is 4.92. The molecule has 3 rings (SSSR count). The van der Waals surface area contributed by atoms with E-state index < -0.39 is 0 Å². The van der Waals surface area contributed by atoms with Gasteiger partial charge in [0.25, 0.3) is 0 Å². The molecule has 20 heavy (non-hydrogen) atoms. The number of benzene rings is 1. The first kappa shape index (κ1) is 14.1. The maximum absolute atomic E-state index is 5.93. The molecule has 1 aromatic carbocycles. The molecule has 0 heterocycles. The highest BCUT2D eigenvalue weighted by atomic mass is 16.5. The van der Waals surface area contributed by atoms with Crippen molar-refractivity contribution in [1.29, 1.82) is 0 Å². The molecule has 1 aromatic rings. The Morgan fingerprint density at radius 3 is 2.80 bits per heavy atom. The Hall–Kier alpha value is -0.860. The predicted molar refractivity (Wildman–Crippen MR) is 82.9 cm³/mol. The van der Waals surface area contributed by atoms with Crippen LogP contribution in [-0.2, 0) is 11.2 Å². The molecule has 2 saturated carbocycles. The summed E-state index contributed by atoms with van der Waals surface area (Å²) in [7, 11) is 0. The largest absolute Gasteiger partial charge is 0.381 e. The summed E-state index contributed by atoms with van der Waals surface area (Å²) >= 11 is 0. The minimum Gasteiger partial charge on any atom is -0.381 e. The van der Waals surface area contributed by atoms with Gasteiger partial charge in [0, 0.05) is 19.2 Å². The standard InChI is InChI=1S/C18H27NO/c1-14-3-2-4-16(9-14)10-17(11-19-18-7-8-18)13-20-12-15-5-6-15/h2-4,9,15,17-19H,5-8,10-13H2,1H3. The molecule has 0 aromatic heterocycles. The Kier molecular flexibility index (Phi) is 4.74. The molecule has 2 heteroatoms. The van der Waals surface area contributed by atoms with E-state index in [-0.39, 0.29) is 0 Å². The van der Waals surface area contributed by atoms with E-state index in [0.29, 0.717) is 5.92 Å². The Bertz CT molecular complexity index is 423. The summed E-state index contributed by atoms with van der Waals surface area (Å²) in [5.41, 5.74) is 2.80. The summed E-state index contributed by atoms with van der Waals surface area (Å²) in [6.07, 6.45) is 6.61. The molecule has 0 aliphatic heterocycles. The monoisotopic (exact) mass is 273 g/mol. The van der Waals surface area contributed by atoms with Gasteiger partial charge in [0.2, 0.25) is 0 Å². The second kappa shape index (κ2) is 6.73. The molecule has 1 atom stereocenters. The lowest BCUT2D eigenvalue weighted by molar-refractivity contribution is 0.0906. The number of hydrogen-bond acceptors (Lipinski definition) is 2. The zero-order valence-electron chi connectivity index (χ0n) is 12.6. The fourth-order valence-electron chi connectivity index (χ4n) is 2.67. The second-order valence-electron chi connectivity index (χ2n) is 6.72. The van der Waals surface area contributed by atoms with Gasteiger partial charge >= 0.3 is 0 Å². The van der Waals surface area contributed by atoms with Gasteiger partial charge in [-0.15, -0.1) is 0 Å². The lowest BCUT2D eigenvalue weighted by Gasteiger charge is -2.18. The van der Waals surface area contributed by atoms with Crippen LogP contribution in [0, 0.1) is 18.8 Å². The first-order chi connectivity index (χ1) is 9.79. The average Bonchev–Trinajstić information content (AvgIpc) is 3.30. The lowest BCUT2D eigenvalue weighted by atomic mass is 9.98. The molecule has 0 saturated heterocycles. The van der Waals surface area contributed by atoms with Crippen LogP contribution in [-0.4, -0.2) is 25.8 Å². The van der Waals surface area contributed by atoms with Crippen molar-refractivity contribution < 1.29 is 4.74 Å². The SMILES string of the molecule is Cc1cccc(CC(CNC2CC2)COCC2CC2)c1. The van der Waals surface area contributed by atoms with E-state index >= 15 is 0 Å². The average molecular weight is 273 g/mol. The summed E-state index contributed by atoms with van der Waals surface area (Å²) < 4.78 is 5.93. The summed E-state index contributed by atoms with van der Waals surface area (Å²) in [4.78, 5) is 0. The van der Waals surface area contributed by atoms with Crippen LogP contribution in [0.2, 0.25) is 0 Å². The van der Waals surface area contributed by atoms with E-state index in [9.17, 15) is 0 Å². The first-order valence-electron chi connectivity index (χ1n) is 8.16. The van der Waals surface area contributed by atoms with Gasteiger partial charge in [-0.1, -0.05) is 29.8 Å². The van der Waals surface area contributed by atoms with Crippen molar-refractivity contribution in [3.63, 3.8) is 0 Å². The van der Waals surface area contributed by atoms with Gasteiger partial charge in [-0.3, -0.25) is 0 Å². The van der Waals surface area contributed by atoms with E-state index in [1.165, 1.54) is 36.8 Å². The fraction of sp³-hybridized carbons (Fsp3) is 0.667. The molecule has 2 aliphatic rings. The van der Waals surface area contributed by atoms with Crippen LogP contribution in [0.4, 0.5) is 0 Å². The van der Waals surface area contributed by atoms with Gasteiger partial charge in [-0.05, 0) is 56.4 Å². The minimum absolute atomic E-state index is 0.608. The second-order valence-corrected chi connectivity index (χ2v) is 6.72. The number of hydrogen-bond donors (Lipinski definition) is 1. The van der Waals surface area contributed by atoms with Gasteiger partial charge in [0.1, 0.15) is 0 Å². The smallest absolute Gasteiger partial charge is 0.0509 e. The fourth-order valence-corrected chi connectivity index (χ4v) is 2.67. The molecule has 1 unspecified atom stereocenters. The van der Waals surface area contributed by atoms with Crippen molar-refractivity contribution in [3.8, 4) is 0 Å². The summed E-state index contributed by atoms with van der Waals surface area (Å²) in [6.45, 7) is 5.16. The molecule has 0 bridgehead atoms. The van der Waals surface area contributed by atoms with Crippen molar-refractivity contribution in [3.05, 3.63) is 35.4 Å². The molecule has 2 nitrogen and oxygen atoms in total. The number of nitrogens with one attached hydrogen (secondary N) is 1. The highest BCUT2D eigenvalue weighted by molar-refractivity contribution is 5.22. The molecule has 0 spiro atoms. The van der Waals surface area contributed by atoms with E-state index in [1.807, 2.05) is 0 Å². The van der Waals surface area contributed by atoms with Crippen LogP contribution < -0.4 is 5.32 Å². The third-order valence-corrected chi connectivity index (χ3v) is 4.28. The predicted octanol–water partition coefficient (Wildman–Crippen LogP) is 3.33. The van der Waals surface area contributed by atoms with Crippen molar-refractivity contribution in [1.82, 2.24) is 5.32 Å². The van der Waals surface area contributed by atoms with E-state index in [4.69, 9.17) is 4.74 Å². The first-order valence-corrected chi connectivity index (χ1v) is 8.16. The molecule has 1 N–H and O–H groups in total. The molecule has 0 amide bonds. The normalized spacial score (nSPS) is 20.1. The molecule has 110 valence electrons. The Morgan fingerprint density at radius 2 is 2.10 bits per heavy atom. The molecular formula is C18H27NO. The number of ether oxygens (including phenoxy) is 1. The van der Waals surface area contributed by atoms with E-state index in [0.717, 1.165) is 38.1 Å². The van der Waals surface area contributed by atoms with Crippen molar-refractivity contribution >= 4 is 0 Å². The van der Waals surface area contributed by atoms with E-state index in [1.54, 1.807) is 0 Å². The van der Waals surface area contributed by atoms with Crippen molar-refractivity contribution in [2.24, 2.45) is 11.8 Å². The molecular weight excluding hydrogens is 246 g/mol. The lowest BCUT2D eigenvalue weighted by Crippen LogP contribution is -2.29. The topological polar surface area (TPSA) is 21.3 Å². The van der Waals surface area contributed by atoms with Crippen LogP contribution in [0.5, 0.6) is 0 Å². The third-order valence-electron chi connectivity index (χ3n) is 4.28. The Morgan fingerprint density at radius 1 is 1.25 bits per heavy atom. The Balaban J connectivity index is 1.48. The van der Waals surface area contributed by atoms with E-state index in [2.05, 4.69) is 36.5 Å².